The summed E-state index contributed by atoms with van der Waals surface area (Å²) in [5, 5.41) is 16.5. The molecule has 1 amide bonds. The summed E-state index contributed by atoms with van der Waals surface area (Å²) in [5.74, 6) is -0.319. The molecule has 0 bridgehead atoms. The molecule has 4 rings (SSSR count). The number of ether oxygens (including phenoxy) is 1. The van der Waals surface area contributed by atoms with Gasteiger partial charge in [-0.2, -0.15) is 0 Å². The Balaban J connectivity index is 1.39. The van der Waals surface area contributed by atoms with Gasteiger partial charge in [-0.05, 0) is 73.0 Å². The molecular weight excluding hydrogens is 603 g/mol. The lowest BCUT2D eigenvalue weighted by Crippen LogP contribution is -2.13. The van der Waals surface area contributed by atoms with Gasteiger partial charge in [-0.25, -0.2) is 13.4 Å². The summed E-state index contributed by atoms with van der Waals surface area (Å²) < 4.78 is 31.2. The van der Waals surface area contributed by atoms with E-state index in [1.54, 1.807) is 36.4 Å². The Morgan fingerprint density at radius 2 is 1.80 bits per heavy atom. The summed E-state index contributed by atoms with van der Waals surface area (Å²) in [6, 6.07) is 15.9. The number of hydrogen-bond donors (Lipinski definition) is 2. The van der Waals surface area contributed by atoms with Gasteiger partial charge in [-0.1, -0.05) is 50.0 Å². The van der Waals surface area contributed by atoms with Crippen molar-refractivity contribution < 1.29 is 23.1 Å². The number of nitrogens with zero attached hydrogens (tertiary/aromatic N) is 1. The first-order valence-corrected chi connectivity index (χ1v) is 16.1. The summed E-state index contributed by atoms with van der Waals surface area (Å²) >= 11 is 13.6. The number of aromatic hydroxyl groups is 1. The highest BCUT2D eigenvalue weighted by Crippen LogP contribution is 2.34. The largest absolute Gasteiger partial charge is 0.504 e. The molecule has 7 nitrogen and oxygen atoms in total. The van der Waals surface area contributed by atoms with Crippen LogP contribution in [0.5, 0.6) is 11.5 Å². The Kier molecular flexibility index (Phi) is 9.64. The van der Waals surface area contributed by atoms with Crippen molar-refractivity contribution in [2.75, 3.05) is 11.1 Å². The molecule has 0 aliphatic carbocycles. The van der Waals surface area contributed by atoms with Crippen LogP contribution >= 0.6 is 34.5 Å². The number of anilines is 1. The highest BCUT2D eigenvalue weighted by Gasteiger charge is 2.19. The van der Waals surface area contributed by atoms with Gasteiger partial charge in [-0.15, -0.1) is 11.3 Å². The third kappa shape index (κ3) is 8.23. The average Bonchev–Trinajstić information content (AvgIpc) is 3.41. The third-order valence-electron chi connectivity index (χ3n) is 6.20. The van der Waals surface area contributed by atoms with Gasteiger partial charge in [0.2, 0.25) is 0 Å². The van der Waals surface area contributed by atoms with Crippen molar-refractivity contribution in [2.45, 2.75) is 50.5 Å². The van der Waals surface area contributed by atoms with Crippen LogP contribution in [-0.2, 0) is 28.3 Å². The predicted octanol–water partition coefficient (Wildman–Crippen LogP) is 7.69. The Labute approximate surface area is 254 Å². The van der Waals surface area contributed by atoms with Crippen LogP contribution in [0.25, 0.3) is 0 Å². The number of hydrogen-bond acceptors (Lipinski definition) is 7. The fourth-order valence-electron chi connectivity index (χ4n) is 3.91. The zero-order chi connectivity index (χ0) is 29.8. The smallest absolute Gasteiger partial charge is 0.255 e. The molecule has 0 unspecified atom stereocenters. The van der Waals surface area contributed by atoms with Gasteiger partial charge in [-0.3, -0.25) is 4.79 Å². The van der Waals surface area contributed by atoms with E-state index in [0.29, 0.717) is 34.7 Å². The molecule has 1 heterocycles. The van der Waals surface area contributed by atoms with Gasteiger partial charge >= 0.3 is 0 Å². The number of sulfone groups is 1. The lowest BCUT2D eigenvalue weighted by atomic mass is 9.93. The van der Waals surface area contributed by atoms with Crippen LogP contribution in [0.15, 0.2) is 70.9 Å². The Bertz CT molecular complexity index is 1650. The maximum Gasteiger partial charge on any atom is 0.255 e. The van der Waals surface area contributed by atoms with Crippen molar-refractivity contribution in [2.24, 2.45) is 0 Å². The number of aromatic nitrogens is 1. The molecule has 216 valence electrons. The molecule has 1 aromatic heterocycles. The van der Waals surface area contributed by atoms with Crippen LogP contribution in [0.1, 0.15) is 53.8 Å². The molecule has 11 heteroatoms. The lowest BCUT2D eigenvalue weighted by Gasteiger charge is -2.14. The van der Waals surface area contributed by atoms with Gasteiger partial charge in [0.05, 0.1) is 27.1 Å². The highest BCUT2D eigenvalue weighted by atomic mass is 35.5. The minimum atomic E-state index is -3.49. The monoisotopic (exact) mass is 632 g/mol. The Morgan fingerprint density at radius 1 is 1.07 bits per heavy atom. The summed E-state index contributed by atoms with van der Waals surface area (Å²) in [7, 11) is -3.49. The first kappa shape index (κ1) is 30.8. The van der Waals surface area contributed by atoms with E-state index in [9.17, 15) is 18.3 Å². The predicted molar refractivity (Wildman–Crippen MR) is 164 cm³/mol. The second-order valence-corrected chi connectivity index (χ2v) is 14.4. The van der Waals surface area contributed by atoms with Crippen molar-refractivity contribution in [1.29, 1.82) is 0 Å². The number of halogens is 2. The van der Waals surface area contributed by atoms with Gasteiger partial charge in [0, 0.05) is 21.4 Å². The van der Waals surface area contributed by atoms with Crippen LogP contribution in [0.2, 0.25) is 10.0 Å². The number of amides is 1. The minimum absolute atomic E-state index is 0.0480. The standard InChI is InChI=1S/C30H30Cl2N2O5S2/c1-30(2,3)26-18-40-27(34-26)17-39-22-8-4-7-20(16-22)29(36)33-25-15-19(14-24(32)28(25)35)6-5-13-41(37,38)23-11-9-21(31)10-12-23/h4,7-12,14-16,18,35H,5-6,13,17H2,1-3H3,(H,33,36). The van der Waals surface area contributed by atoms with E-state index in [2.05, 4.69) is 31.1 Å². The average molecular weight is 634 g/mol. The highest BCUT2D eigenvalue weighted by molar-refractivity contribution is 7.91. The number of nitrogens with one attached hydrogen (secondary N) is 1. The Morgan fingerprint density at radius 3 is 2.49 bits per heavy atom. The molecule has 0 aliphatic rings. The first-order valence-electron chi connectivity index (χ1n) is 12.8. The number of benzene rings is 3. The SMILES string of the molecule is CC(C)(C)c1csc(COc2cccc(C(=O)Nc3cc(CCCS(=O)(=O)c4ccc(Cl)cc4)cc(Cl)c3O)c2)n1. The molecule has 0 radical (unpaired) electrons. The summed E-state index contributed by atoms with van der Waals surface area (Å²) in [4.78, 5) is 17.9. The van der Waals surface area contributed by atoms with E-state index in [1.807, 2.05) is 5.38 Å². The molecule has 3 aromatic carbocycles. The van der Waals surface area contributed by atoms with Crippen molar-refractivity contribution in [3.8, 4) is 11.5 Å². The summed E-state index contributed by atoms with van der Waals surface area (Å²) in [6.45, 7) is 6.58. The molecule has 41 heavy (non-hydrogen) atoms. The van der Waals surface area contributed by atoms with Crippen LogP contribution in [0.4, 0.5) is 5.69 Å². The normalized spacial score (nSPS) is 11.8. The van der Waals surface area contributed by atoms with Gasteiger partial charge in [0.25, 0.3) is 5.91 Å². The number of phenols is 1. The number of carbonyl (C=O) groups is 1. The maximum atomic E-state index is 13.0. The van der Waals surface area contributed by atoms with E-state index in [1.165, 1.54) is 35.6 Å². The summed E-state index contributed by atoms with van der Waals surface area (Å²) in [6.07, 6.45) is 0.682. The second kappa shape index (κ2) is 12.8. The molecular formula is C30H30Cl2N2O5S2. The van der Waals surface area contributed by atoms with Crippen LogP contribution < -0.4 is 10.1 Å². The second-order valence-electron chi connectivity index (χ2n) is 10.5. The maximum absolute atomic E-state index is 13.0. The zero-order valence-corrected chi connectivity index (χ0v) is 25.9. The number of rotatable bonds is 10. The number of aryl methyl sites for hydroxylation is 1. The summed E-state index contributed by atoms with van der Waals surface area (Å²) in [5.41, 5.74) is 2.07. The molecule has 0 spiro atoms. The molecule has 0 saturated heterocycles. The molecule has 0 fully saturated rings. The van der Waals surface area contributed by atoms with Crippen molar-refractivity contribution in [3.05, 3.63) is 97.9 Å². The fraction of sp³-hybridized carbons (Fsp3) is 0.267. The topological polar surface area (TPSA) is 106 Å². The molecule has 4 aromatic rings. The number of thiazole rings is 1. The van der Waals surface area contributed by atoms with Crippen molar-refractivity contribution >= 4 is 56.0 Å². The van der Waals surface area contributed by atoms with Crippen LogP contribution in [0.3, 0.4) is 0 Å². The molecule has 0 aliphatic heterocycles. The third-order valence-corrected chi connectivity index (χ3v) is 9.38. The Hall–Kier alpha value is -3.11. The fourth-order valence-corrected chi connectivity index (χ4v) is 6.52. The van der Waals surface area contributed by atoms with Crippen LogP contribution in [-0.4, -0.2) is 30.2 Å². The van der Waals surface area contributed by atoms with Crippen LogP contribution in [0, 0.1) is 0 Å². The van der Waals surface area contributed by atoms with Gasteiger partial charge in [0.1, 0.15) is 17.4 Å². The number of carbonyl (C=O) groups excluding carboxylic acids is 1. The van der Waals surface area contributed by atoms with E-state index < -0.39 is 15.7 Å². The zero-order valence-electron chi connectivity index (χ0n) is 22.8. The molecule has 0 saturated carbocycles. The number of phenolic OH excluding ortho intramolecular Hbond substituents is 1. The van der Waals surface area contributed by atoms with E-state index in [0.717, 1.165) is 10.7 Å². The minimum Gasteiger partial charge on any atom is -0.504 e. The van der Waals surface area contributed by atoms with E-state index in [4.69, 9.17) is 27.9 Å². The first-order chi connectivity index (χ1) is 19.3. The van der Waals surface area contributed by atoms with Crippen molar-refractivity contribution in [1.82, 2.24) is 4.98 Å². The van der Waals surface area contributed by atoms with E-state index in [-0.39, 0.29) is 39.1 Å². The molecule has 2 N–H and O–H groups in total. The quantitative estimate of drug-likeness (QED) is 0.174. The molecule has 0 atom stereocenters. The van der Waals surface area contributed by atoms with E-state index >= 15 is 0 Å². The van der Waals surface area contributed by atoms with Gasteiger partial charge < -0.3 is 15.2 Å². The van der Waals surface area contributed by atoms with Crippen molar-refractivity contribution in [3.63, 3.8) is 0 Å². The lowest BCUT2D eigenvalue weighted by molar-refractivity contribution is 0.102. The van der Waals surface area contributed by atoms with Gasteiger partial charge in [0.15, 0.2) is 15.6 Å².